The summed E-state index contributed by atoms with van der Waals surface area (Å²) in [4.78, 5) is 31.6. The lowest BCUT2D eigenvalue weighted by molar-refractivity contribution is -0.140. The van der Waals surface area contributed by atoms with Crippen LogP contribution in [-0.4, -0.2) is 49.5 Å². The van der Waals surface area contributed by atoms with E-state index in [2.05, 4.69) is 20.4 Å². The van der Waals surface area contributed by atoms with Crippen molar-refractivity contribution >= 4 is 44.8 Å². The van der Waals surface area contributed by atoms with Gasteiger partial charge in [0, 0.05) is 24.8 Å². The molecule has 0 radical (unpaired) electrons. The fourth-order valence-corrected chi connectivity index (χ4v) is 7.98. The molecule has 4 aromatic rings. The minimum Gasteiger partial charge on any atom is -0.494 e. The summed E-state index contributed by atoms with van der Waals surface area (Å²) in [6.07, 6.45) is 18.9. The predicted octanol–water partition coefficient (Wildman–Crippen LogP) is 12.1. The van der Waals surface area contributed by atoms with Crippen LogP contribution >= 0.6 is 11.3 Å². The van der Waals surface area contributed by atoms with Crippen molar-refractivity contribution in [2.75, 3.05) is 31.4 Å². The first-order valence-electron chi connectivity index (χ1n) is 21.2. The number of aromatic nitrogens is 1. The number of carbonyl (C=O) groups is 2. The smallest absolute Gasteiger partial charge is 0.343 e. The van der Waals surface area contributed by atoms with Crippen LogP contribution in [0.4, 0.5) is 9.52 Å². The van der Waals surface area contributed by atoms with Gasteiger partial charge in [-0.05, 0) is 112 Å². The fourth-order valence-electron chi connectivity index (χ4n) is 7.05. The van der Waals surface area contributed by atoms with Gasteiger partial charge in [0.1, 0.15) is 23.1 Å². The number of ether oxygens (including phenoxy) is 4. The van der Waals surface area contributed by atoms with E-state index in [4.69, 9.17) is 29.0 Å². The number of hydrazone groups is 1. The maximum atomic E-state index is 14.1. The third-order valence-electron chi connectivity index (χ3n) is 10.4. The monoisotopic (exact) mass is 813 g/mol. The average Bonchev–Trinajstić information content (AvgIpc) is 3.66. The Balaban J connectivity index is 1.29. The van der Waals surface area contributed by atoms with E-state index >= 15 is 0 Å². The molecular formula is C47H60FN3O6S. The summed E-state index contributed by atoms with van der Waals surface area (Å²) in [5.41, 5.74) is 1.38. The molecule has 58 heavy (non-hydrogen) atoms. The lowest BCUT2D eigenvalue weighted by atomic mass is 9.80. The SMILES string of the molecule is C=CCOCCCCCCOc1ccc(C(=O)Oc2ccc(OC(=O)C3CCC(CCCC)CC3)cc2/C=N/N(CCCCCC)c2nc3cc(F)ccc3s2)cc1. The van der Waals surface area contributed by atoms with Gasteiger partial charge in [0.05, 0.1) is 41.1 Å². The molecule has 312 valence electrons. The molecule has 1 heterocycles. The van der Waals surface area contributed by atoms with E-state index in [0.717, 1.165) is 88.4 Å². The number of nitrogens with zero attached hydrogens (tertiary/aromatic N) is 3. The zero-order chi connectivity index (χ0) is 41.0. The highest BCUT2D eigenvalue weighted by molar-refractivity contribution is 7.22. The molecule has 1 aliphatic carbocycles. The molecule has 0 saturated heterocycles. The first-order chi connectivity index (χ1) is 28.4. The van der Waals surface area contributed by atoms with Crippen LogP contribution < -0.4 is 19.2 Å². The van der Waals surface area contributed by atoms with Crippen LogP contribution in [0.1, 0.15) is 126 Å². The fraction of sp³-hybridized carbons (Fsp3) is 0.489. The molecule has 0 atom stereocenters. The van der Waals surface area contributed by atoms with E-state index < -0.39 is 5.97 Å². The standard InChI is InChI=1S/C47H60FN3O6S/c1-4-7-9-12-28-51(47-50-42-33-39(48)22-27-44(42)58-47)49-34-38-32-41(56-45(52)36-18-16-35(17-19-36)15-8-5-2)25-26-43(38)57-46(53)37-20-23-40(24-21-37)55-31-14-11-10-13-30-54-29-6-3/h6,20-27,32-36H,3-5,7-19,28-31H2,1-2H3/b49-34+. The van der Waals surface area contributed by atoms with Crippen molar-refractivity contribution in [2.45, 2.75) is 110 Å². The summed E-state index contributed by atoms with van der Waals surface area (Å²) < 4.78 is 38.2. The molecule has 0 N–H and O–H groups in total. The second kappa shape index (κ2) is 24.3. The van der Waals surface area contributed by atoms with Crippen LogP contribution in [0.3, 0.4) is 0 Å². The molecule has 1 aliphatic rings. The number of esters is 2. The number of hydrogen-bond acceptors (Lipinski definition) is 10. The molecule has 0 unspecified atom stereocenters. The second-order valence-electron chi connectivity index (χ2n) is 15.1. The van der Waals surface area contributed by atoms with Gasteiger partial charge in [-0.1, -0.05) is 76.2 Å². The van der Waals surface area contributed by atoms with Crippen molar-refractivity contribution in [3.05, 3.63) is 90.3 Å². The minimum absolute atomic E-state index is 0.144. The molecule has 11 heteroatoms. The van der Waals surface area contributed by atoms with E-state index in [1.54, 1.807) is 65.8 Å². The van der Waals surface area contributed by atoms with E-state index in [1.807, 2.05) is 0 Å². The van der Waals surface area contributed by atoms with Gasteiger partial charge in [0.15, 0.2) is 0 Å². The third-order valence-corrected chi connectivity index (χ3v) is 11.5. The van der Waals surface area contributed by atoms with Gasteiger partial charge in [-0.3, -0.25) is 4.79 Å². The van der Waals surface area contributed by atoms with Gasteiger partial charge in [0.25, 0.3) is 0 Å². The predicted molar refractivity (Wildman–Crippen MR) is 232 cm³/mol. The lowest BCUT2D eigenvalue weighted by Gasteiger charge is -2.27. The summed E-state index contributed by atoms with van der Waals surface area (Å²) in [6, 6.07) is 16.5. The highest BCUT2D eigenvalue weighted by atomic mass is 32.1. The highest BCUT2D eigenvalue weighted by Crippen LogP contribution is 2.34. The Bertz CT molecular complexity index is 1910. The Morgan fingerprint density at radius 2 is 1.60 bits per heavy atom. The molecule has 5 rings (SSSR count). The summed E-state index contributed by atoms with van der Waals surface area (Å²) in [5.74, 6) is 0.693. The topological polar surface area (TPSA) is 99.5 Å². The third kappa shape index (κ3) is 14.3. The quantitative estimate of drug-likeness (QED) is 0.0163. The van der Waals surface area contributed by atoms with Crippen molar-refractivity contribution in [2.24, 2.45) is 16.9 Å². The Labute approximate surface area is 347 Å². The Morgan fingerprint density at radius 1 is 0.862 bits per heavy atom. The number of rotatable bonds is 25. The van der Waals surface area contributed by atoms with Crippen LogP contribution in [0.5, 0.6) is 17.2 Å². The largest absolute Gasteiger partial charge is 0.494 e. The van der Waals surface area contributed by atoms with Crippen LogP contribution in [0.15, 0.2) is 78.4 Å². The molecule has 0 aliphatic heterocycles. The number of unbranched alkanes of at least 4 members (excludes halogenated alkanes) is 7. The zero-order valence-corrected chi connectivity index (χ0v) is 35.1. The summed E-state index contributed by atoms with van der Waals surface area (Å²) in [6.45, 7) is 10.5. The van der Waals surface area contributed by atoms with E-state index in [0.29, 0.717) is 59.0 Å². The maximum Gasteiger partial charge on any atom is 0.343 e. The van der Waals surface area contributed by atoms with Crippen molar-refractivity contribution in [3.8, 4) is 17.2 Å². The zero-order valence-electron chi connectivity index (χ0n) is 34.3. The molecule has 9 nitrogen and oxygen atoms in total. The molecule has 0 spiro atoms. The Morgan fingerprint density at radius 3 is 2.36 bits per heavy atom. The number of carbonyl (C=O) groups excluding carboxylic acids is 2. The van der Waals surface area contributed by atoms with Gasteiger partial charge in [-0.15, -0.1) is 6.58 Å². The highest BCUT2D eigenvalue weighted by Gasteiger charge is 2.28. The normalized spacial score (nSPS) is 15.4. The van der Waals surface area contributed by atoms with Gasteiger partial charge in [0.2, 0.25) is 5.13 Å². The van der Waals surface area contributed by atoms with Crippen molar-refractivity contribution in [1.29, 1.82) is 0 Å². The molecule has 1 aromatic heterocycles. The van der Waals surface area contributed by atoms with Gasteiger partial charge < -0.3 is 18.9 Å². The van der Waals surface area contributed by atoms with Gasteiger partial charge >= 0.3 is 11.9 Å². The van der Waals surface area contributed by atoms with Crippen LogP contribution in [0.25, 0.3) is 10.2 Å². The Kier molecular flexibility index (Phi) is 18.7. The molecule has 3 aromatic carbocycles. The van der Waals surface area contributed by atoms with Crippen molar-refractivity contribution in [3.63, 3.8) is 0 Å². The molecular weight excluding hydrogens is 754 g/mol. The number of fused-ring (bicyclic) bond motifs is 1. The summed E-state index contributed by atoms with van der Waals surface area (Å²) >= 11 is 1.43. The number of hydrogen-bond donors (Lipinski definition) is 0. The minimum atomic E-state index is -0.547. The molecule has 0 amide bonds. The number of halogens is 1. The summed E-state index contributed by atoms with van der Waals surface area (Å²) in [7, 11) is 0. The Hall–Kier alpha value is -4.61. The number of benzene rings is 3. The number of anilines is 1. The first-order valence-corrected chi connectivity index (χ1v) is 22.1. The molecule has 0 bridgehead atoms. The van der Waals surface area contributed by atoms with Crippen LogP contribution in [0, 0.1) is 17.7 Å². The lowest BCUT2D eigenvalue weighted by Crippen LogP contribution is -2.25. The van der Waals surface area contributed by atoms with Gasteiger partial charge in [-0.25, -0.2) is 19.2 Å². The maximum absolute atomic E-state index is 14.1. The van der Waals surface area contributed by atoms with E-state index in [1.165, 1.54) is 42.7 Å². The van der Waals surface area contributed by atoms with Crippen molar-refractivity contribution < 1.29 is 32.9 Å². The number of thiazole rings is 1. The van der Waals surface area contributed by atoms with E-state index in [-0.39, 0.29) is 23.5 Å². The molecule has 1 saturated carbocycles. The summed E-state index contributed by atoms with van der Waals surface area (Å²) in [5, 5.41) is 7.27. The van der Waals surface area contributed by atoms with Gasteiger partial charge in [-0.2, -0.15) is 5.10 Å². The van der Waals surface area contributed by atoms with E-state index in [9.17, 15) is 14.0 Å². The molecule has 1 fully saturated rings. The second-order valence-corrected chi connectivity index (χ2v) is 16.1. The van der Waals surface area contributed by atoms with Crippen molar-refractivity contribution in [1.82, 2.24) is 4.98 Å². The average molecular weight is 814 g/mol. The van der Waals surface area contributed by atoms with Crippen LogP contribution in [0.2, 0.25) is 0 Å². The first kappa shape index (κ1) is 44.5. The van der Waals surface area contributed by atoms with Crippen LogP contribution in [-0.2, 0) is 9.53 Å².